The fraction of sp³-hybridized carbons (Fsp3) is 0.400. The van der Waals surface area contributed by atoms with E-state index >= 15 is 0 Å². The molecule has 3 aromatic rings. The first-order chi connectivity index (χ1) is 12.7. The lowest BCUT2D eigenvalue weighted by Crippen LogP contribution is -2.41. The number of amides is 1. The minimum Gasteiger partial charge on any atom is -0.337 e. The minimum absolute atomic E-state index is 0.0486. The summed E-state index contributed by atoms with van der Waals surface area (Å²) in [5.41, 5.74) is 2.22. The summed E-state index contributed by atoms with van der Waals surface area (Å²) < 4.78 is 1.98. The number of fused-ring (bicyclic) bond motifs is 1. The molecule has 6 nitrogen and oxygen atoms in total. The highest BCUT2D eigenvalue weighted by atomic mass is 16.2. The zero-order valence-electron chi connectivity index (χ0n) is 15.0. The fourth-order valence-corrected chi connectivity index (χ4v) is 3.72. The Morgan fingerprint density at radius 3 is 2.58 bits per heavy atom. The maximum absolute atomic E-state index is 13.4. The van der Waals surface area contributed by atoms with E-state index in [0.717, 1.165) is 29.7 Å². The normalized spacial score (nSPS) is 15.3. The Balaban J connectivity index is 1.66. The lowest BCUT2D eigenvalue weighted by Gasteiger charge is -2.34. The number of aryl methyl sites for hydroxylation is 1. The third-order valence-electron chi connectivity index (χ3n) is 5.23. The van der Waals surface area contributed by atoms with Crippen LogP contribution in [0.15, 0.2) is 43.0 Å². The first kappa shape index (κ1) is 16.7. The molecule has 0 N–H and O–H groups in total. The molecule has 4 rings (SSSR count). The summed E-state index contributed by atoms with van der Waals surface area (Å²) in [5.74, 6) is 0.956. The summed E-state index contributed by atoms with van der Waals surface area (Å²) in [7, 11) is 1.97. The van der Waals surface area contributed by atoms with Gasteiger partial charge >= 0.3 is 0 Å². The fourth-order valence-electron chi connectivity index (χ4n) is 3.72. The molecule has 1 aromatic carbocycles. The van der Waals surface area contributed by atoms with E-state index in [-0.39, 0.29) is 11.9 Å². The lowest BCUT2D eigenvalue weighted by atomic mass is 9.93. The van der Waals surface area contributed by atoms with E-state index in [9.17, 15) is 4.79 Å². The molecule has 0 bridgehead atoms. The third kappa shape index (κ3) is 3.31. The Kier molecular flexibility index (Phi) is 4.65. The number of hydrogen-bond acceptors (Lipinski definition) is 4. The molecule has 1 aliphatic rings. The molecule has 1 saturated carbocycles. The number of rotatable bonds is 4. The first-order valence-electron chi connectivity index (χ1n) is 9.20. The van der Waals surface area contributed by atoms with Gasteiger partial charge in [-0.2, -0.15) is 0 Å². The number of carbonyl (C=O) groups excluding carboxylic acids is 1. The van der Waals surface area contributed by atoms with Gasteiger partial charge in [0.05, 0.1) is 17.6 Å². The molecule has 0 radical (unpaired) electrons. The molecule has 26 heavy (non-hydrogen) atoms. The van der Waals surface area contributed by atoms with Crippen LogP contribution in [0.2, 0.25) is 0 Å². The maximum Gasteiger partial charge on any atom is 0.254 e. The average Bonchev–Trinajstić information content (AvgIpc) is 3.10. The summed E-state index contributed by atoms with van der Waals surface area (Å²) >= 11 is 0. The zero-order valence-corrected chi connectivity index (χ0v) is 15.0. The molecule has 2 heterocycles. The molecule has 0 unspecified atom stereocenters. The molecule has 0 spiro atoms. The highest BCUT2D eigenvalue weighted by Gasteiger charge is 2.27. The molecular weight excluding hydrogens is 326 g/mol. The monoisotopic (exact) mass is 349 g/mol. The molecule has 0 aliphatic heterocycles. The Bertz CT molecular complexity index is 913. The van der Waals surface area contributed by atoms with Gasteiger partial charge < -0.3 is 9.47 Å². The van der Waals surface area contributed by atoms with Gasteiger partial charge in [0.15, 0.2) is 0 Å². The minimum atomic E-state index is 0.0486. The predicted molar refractivity (Wildman–Crippen MR) is 99.5 cm³/mol. The first-order valence-corrected chi connectivity index (χ1v) is 9.20. The van der Waals surface area contributed by atoms with Crippen LogP contribution in [0.1, 0.15) is 48.3 Å². The molecule has 1 fully saturated rings. The van der Waals surface area contributed by atoms with E-state index in [2.05, 4.69) is 15.0 Å². The highest BCUT2D eigenvalue weighted by Crippen LogP contribution is 2.26. The van der Waals surface area contributed by atoms with Crippen LogP contribution in [0.5, 0.6) is 0 Å². The Hall–Kier alpha value is -2.76. The molecule has 134 valence electrons. The van der Waals surface area contributed by atoms with Crippen LogP contribution in [0.4, 0.5) is 0 Å². The van der Waals surface area contributed by atoms with Gasteiger partial charge in [-0.15, -0.1) is 0 Å². The summed E-state index contributed by atoms with van der Waals surface area (Å²) in [4.78, 5) is 28.4. The van der Waals surface area contributed by atoms with Gasteiger partial charge in [0.1, 0.15) is 5.82 Å². The van der Waals surface area contributed by atoms with Crippen LogP contribution < -0.4 is 0 Å². The second-order valence-electron chi connectivity index (χ2n) is 6.94. The van der Waals surface area contributed by atoms with Gasteiger partial charge in [-0.25, -0.2) is 4.98 Å². The van der Waals surface area contributed by atoms with Gasteiger partial charge in [0.25, 0.3) is 5.91 Å². The molecule has 1 aliphatic carbocycles. The van der Waals surface area contributed by atoms with E-state index in [4.69, 9.17) is 0 Å². The van der Waals surface area contributed by atoms with Crippen LogP contribution in [-0.4, -0.2) is 36.4 Å². The Morgan fingerprint density at radius 1 is 1.08 bits per heavy atom. The molecular formula is C20H23N5O. The third-order valence-corrected chi connectivity index (χ3v) is 5.23. The van der Waals surface area contributed by atoms with Gasteiger partial charge in [0, 0.05) is 43.4 Å². The van der Waals surface area contributed by atoms with E-state index in [1.165, 1.54) is 19.3 Å². The summed E-state index contributed by atoms with van der Waals surface area (Å²) in [6, 6.07) is 5.84. The molecule has 0 atom stereocenters. The number of hydrogen-bond donors (Lipinski definition) is 0. The second-order valence-corrected chi connectivity index (χ2v) is 6.94. The Labute approximate surface area is 152 Å². The zero-order chi connectivity index (χ0) is 17.9. The van der Waals surface area contributed by atoms with Crippen molar-refractivity contribution in [1.29, 1.82) is 0 Å². The van der Waals surface area contributed by atoms with Crippen LogP contribution in [0.3, 0.4) is 0 Å². The van der Waals surface area contributed by atoms with Crippen molar-refractivity contribution in [3.63, 3.8) is 0 Å². The molecule has 0 saturated heterocycles. The van der Waals surface area contributed by atoms with E-state index in [1.54, 1.807) is 18.6 Å². The van der Waals surface area contributed by atoms with E-state index < -0.39 is 0 Å². The second kappa shape index (κ2) is 7.23. The Morgan fingerprint density at radius 2 is 1.85 bits per heavy atom. The predicted octanol–water partition coefficient (Wildman–Crippen LogP) is 3.34. The topological polar surface area (TPSA) is 63.9 Å². The number of aromatic nitrogens is 4. The van der Waals surface area contributed by atoms with Crippen molar-refractivity contribution in [3.05, 3.63) is 54.4 Å². The molecule has 2 aromatic heterocycles. The molecule has 1 amide bonds. The van der Waals surface area contributed by atoms with Crippen molar-refractivity contribution < 1.29 is 4.79 Å². The number of nitrogens with zero attached hydrogens (tertiary/aromatic N) is 5. The van der Waals surface area contributed by atoms with E-state index in [0.29, 0.717) is 12.1 Å². The van der Waals surface area contributed by atoms with Crippen molar-refractivity contribution >= 4 is 16.9 Å². The SMILES string of the molecule is Cn1ccnc1CN(C(=O)c1ccc2nccnc2c1)C1CCCCC1. The number of imidazole rings is 1. The molecule has 6 heteroatoms. The van der Waals surface area contributed by atoms with E-state index in [1.807, 2.05) is 40.9 Å². The maximum atomic E-state index is 13.4. The summed E-state index contributed by atoms with van der Waals surface area (Å²) in [5, 5.41) is 0. The average molecular weight is 349 g/mol. The van der Waals surface area contributed by atoms with Gasteiger partial charge in [-0.3, -0.25) is 14.8 Å². The van der Waals surface area contributed by atoms with Crippen LogP contribution >= 0.6 is 0 Å². The standard InChI is InChI=1S/C20H23N5O/c1-24-12-11-23-19(24)14-25(16-5-3-2-4-6-16)20(26)15-7-8-17-18(13-15)22-10-9-21-17/h7-13,16H,2-6,14H2,1H3. The van der Waals surface area contributed by atoms with Gasteiger partial charge in [0.2, 0.25) is 0 Å². The van der Waals surface area contributed by atoms with Crippen LogP contribution in [0.25, 0.3) is 11.0 Å². The van der Waals surface area contributed by atoms with Gasteiger partial charge in [-0.1, -0.05) is 19.3 Å². The van der Waals surface area contributed by atoms with Crippen molar-refractivity contribution in [2.45, 2.75) is 44.7 Å². The van der Waals surface area contributed by atoms with Crippen molar-refractivity contribution in [2.24, 2.45) is 7.05 Å². The summed E-state index contributed by atoms with van der Waals surface area (Å²) in [6.45, 7) is 0.533. The van der Waals surface area contributed by atoms with Crippen LogP contribution in [0, 0.1) is 0 Å². The largest absolute Gasteiger partial charge is 0.337 e. The highest BCUT2D eigenvalue weighted by molar-refractivity contribution is 5.97. The number of carbonyl (C=O) groups is 1. The summed E-state index contributed by atoms with van der Waals surface area (Å²) in [6.07, 6.45) is 12.8. The van der Waals surface area contributed by atoms with Crippen molar-refractivity contribution in [2.75, 3.05) is 0 Å². The van der Waals surface area contributed by atoms with Crippen molar-refractivity contribution in [1.82, 2.24) is 24.4 Å². The van der Waals surface area contributed by atoms with Crippen molar-refractivity contribution in [3.8, 4) is 0 Å². The van der Waals surface area contributed by atoms with Gasteiger partial charge in [-0.05, 0) is 31.0 Å². The lowest BCUT2D eigenvalue weighted by molar-refractivity contribution is 0.0606. The van der Waals surface area contributed by atoms with Crippen LogP contribution in [-0.2, 0) is 13.6 Å². The number of benzene rings is 1. The smallest absolute Gasteiger partial charge is 0.254 e. The quantitative estimate of drug-likeness (QED) is 0.725.